The highest BCUT2D eigenvalue weighted by molar-refractivity contribution is 5.31. The van der Waals surface area contributed by atoms with Crippen molar-refractivity contribution in [3.8, 4) is 5.75 Å². The summed E-state index contributed by atoms with van der Waals surface area (Å²) in [7, 11) is 1.82. The Hall–Kier alpha value is -1.88. The van der Waals surface area contributed by atoms with Gasteiger partial charge >= 0.3 is 0 Å². The maximum Gasteiger partial charge on any atom is 0.167 e. The van der Waals surface area contributed by atoms with Crippen molar-refractivity contribution in [1.29, 1.82) is 0 Å². The van der Waals surface area contributed by atoms with Gasteiger partial charge in [0.05, 0.1) is 6.20 Å². The highest BCUT2D eigenvalue weighted by Gasteiger charge is 2.23. The molecule has 2 unspecified atom stereocenters. The van der Waals surface area contributed by atoms with Gasteiger partial charge < -0.3 is 10.5 Å². The summed E-state index contributed by atoms with van der Waals surface area (Å²) in [5.74, 6) is -0.118. The van der Waals surface area contributed by atoms with Gasteiger partial charge in [-0.05, 0) is 25.0 Å². The van der Waals surface area contributed by atoms with Crippen molar-refractivity contribution in [2.75, 3.05) is 0 Å². The molecule has 0 saturated heterocycles. The number of benzene rings is 1. The maximum atomic E-state index is 14.1. The smallest absolute Gasteiger partial charge is 0.167 e. The van der Waals surface area contributed by atoms with E-state index in [2.05, 4.69) is 5.10 Å². The molecule has 0 aliphatic carbocycles. The van der Waals surface area contributed by atoms with Crippen LogP contribution >= 0.6 is 0 Å². The number of rotatable bonds is 5. The Labute approximate surface area is 118 Å². The SMILES string of the molecule is CCC(N)C(Oc1cccc(C)c1F)c1cnn(C)c1. The van der Waals surface area contributed by atoms with E-state index in [9.17, 15) is 4.39 Å². The molecule has 2 rings (SSSR count). The van der Waals surface area contributed by atoms with Crippen molar-refractivity contribution in [2.45, 2.75) is 32.4 Å². The summed E-state index contributed by atoms with van der Waals surface area (Å²) in [6.45, 7) is 3.69. The van der Waals surface area contributed by atoms with Gasteiger partial charge in [-0.1, -0.05) is 19.1 Å². The summed E-state index contributed by atoms with van der Waals surface area (Å²) >= 11 is 0. The second kappa shape index (κ2) is 6.05. The van der Waals surface area contributed by atoms with Crippen LogP contribution in [0.2, 0.25) is 0 Å². The van der Waals surface area contributed by atoms with Gasteiger partial charge in [-0.3, -0.25) is 4.68 Å². The molecule has 2 atom stereocenters. The largest absolute Gasteiger partial charge is 0.481 e. The van der Waals surface area contributed by atoms with Gasteiger partial charge in [0.1, 0.15) is 6.10 Å². The van der Waals surface area contributed by atoms with E-state index in [1.807, 2.05) is 20.2 Å². The molecule has 5 heteroatoms. The standard InChI is InChI=1S/C15H20FN3O/c1-4-12(17)15(11-8-18-19(3)9-11)20-13-7-5-6-10(2)14(13)16/h5-9,12,15H,4,17H2,1-3H3. The van der Waals surface area contributed by atoms with Crippen molar-refractivity contribution in [1.82, 2.24) is 9.78 Å². The van der Waals surface area contributed by atoms with Crippen LogP contribution in [0.25, 0.3) is 0 Å². The second-order valence-corrected chi connectivity index (χ2v) is 4.94. The normalized spacial score (nSPS) is 14.1. The molecule has 2 N–H and O–H groups in total. The molecule has 20 heavy (non-hydrogen) atoms. The van der Waals surface area contributed by atoms with Crippen LogP contribution in [0.1, 0.15) is 30.6 Å². The average molecular weight is 277 g/mol. The van der Waals surface area contributed by atoms with Crippen molar-refractivity contribution in [3.05, 3.63) is 47.5 Å². The van der Waals surface area contributed by atoms with Crippen LogP contribution < -0.4 is 10.5 Å². The lowest BCUT2D eigenvalue weighted by Gasteiger charge is -2.23. The molecule has 0 radical (unpaired) electrons. The molecule has 1 aromatic carbocycles. The zero-order chi connectivity index (χ0) is 14.7. The van der Waals surface area contributed by atoms with Crippen molar-refractivity contribution in [3.63, 3.8) is 0 Å². The fourth-order valence-corrected chi connectivity index (χ4v) is 2.05. The van der Waals surface area contributed by atoms with Gasteiger partial charge in [-0.2, -0.15) is 5.10 Å². The van der Waals surface area contributed by atoms with Crippen LogP contribution in [0.4, 0.5) is 4.39 Å². The third-order valence-electron chi connectivity index (χ3n) is 3.32. The topological polar surface area (TPSA) is 53.1 Å². The molecule has 2 aromatic rings. The first kappa shape index (κ1) is 14.5. The third kappa shape index (κ3) is 2.99. The highest BCUT2D eigenvalue weighted by Crippen LogP contribution is 2.28. The predicted molar refractivity (Wildman–Crippen MR) is 76.0 cm³/mol. The molecule has 1 heterocycles. The fourth-order valence-electron chi connectivity index (χ4n) is 2.05. The molecule has 0 aliphatic heterocycles. The number of hydrogen-bond acceptors (Lipinski definition) is 3. The Balaban J connectivity index is 2.31. The van der Waals surface area contributed by atoms with E-state index in [1.54, 1.807) is 36.0 Å². The molecule has 108 valence electrons. The average Bonchev–Trinajstić information content (AvgIpc) is 2.86. The monoisotopic (exact) mass is 277 g/mol. The molecular formula is C15H20FN3O. The zero-order valence-corrected chi connectivity index (χ0v) is 12.0. The third-order valence-corrected chi connectivity index (χ3v) is 3.32. The van der Waals surface area contributed by atoms with Crippen LogP contribution in [-0.2, 0) is 7.05 Å². The van der Waals surface area contributed by atoms with Gasteiger partial charge in [0.2, 0.25) is 0 Å². The van der Waals surface area contributed by atoms with Gasteiger partial charge in [0, 0.05) is 24.8 Å². The van der Waals surface area contributed by atoms with Crippen LogP contribution in [0, 0.1) is 12.7 Å². The Kier molecular flexibility index (Phi) is 4.39. The molecular weight excluding hydrogens is 257 g/mol. The van der Waals surface area contributed by atoms with E-state index < -0.39 is 6.10 Å². The molecule has 0 fully saturated rings. The summed E-state index contributed by atoms with van der Waals surface area (Å²) in [6.07, 6.45) is 3.86. The lowest BCUT2D eigenvalue weighted by Crippen LogP contribution is -2.31. The molecule has 0 spiro atoms. The molecule has 0 amide bonds. The number of aromatic nitrogens is 2. The number of aryl methyl sites for hydroxylation is 2. The second-order valence-electron chi connectivity index (χ2n) is 4.94. The van der Waals surface area contributed by atoms with Gasteiger partial charge in [-0.25, -0.2) is 4.39 Å². The number of halogens is 1. The zero-order valence-electron chi connectivity index (χ0n) is 12.0. The minimum absolute atomic E-state index is 0.223. The van der Waals surface area contributed by atoms with Gasteiger partial charge in [0.25, 0.3) is 0 Å². The van der Waals surface area contributed by atoms with Gasteiger partial charge in [0.15, 0.2) is 11.6 Å². The number of nitrogens with zero attached hydrogens (tertiary/aromatic N) is 2. The first-order valence-electron chi connectivity index (χ1n) is 6.68. The Bertz CT molecular complexity index is 582. The minimum Gasteiger partial charge on any atom is -0.481 e. The summed E-state index contributed by atoms with van der Waals surface area (Å²) in [4.78, 5) is 0. The maximum absolute atomic E-state index is 14.1. The van der Waals surface area contributed by atoms with E-state index in [0.717, 1.165) is 12.0 Å². The summed E-state index contributed by atoms with van der Waals surface area (Å²) < 4.78 is 21.6. The lowest BCUT2D eigenvalue weighted by molar-refractivity contribution is 0.163. The van der Waals surface area contributed by atoms with Crippen LogP contribution in [0.5, 0.6) is 5.75 Å². The summed E-state index contributed by atoms with van der Waals surface area (Å²) in [5, 5.41) is 4.12. The number of hydrogen-bond donors (Lipinski definition) is 1. The number of nitrogens with two attached hydrogens (primary N) is 1. The summed E-state index contributed by atoms with van der Waals surface area (Å²) in [6, 6.07) is 4.87. The summed E-state index contributed by atoms with van der Waals surface area (Å²) in [5.41, 5.74) is 7.51. The molecule has 4 nitrogen and oxygen atoms in total. The van der Waals surface area contributed by atoms with Crippen LogP contribution in [0.3, 0.4) is 0 Å². The van der Waals surface area contributed by atoms with E-state index >= 15 is 0 Å². The number of ether oxygens (including phenoxy) is 1. The molecule has 0 bridgehead atoms. The van der Waals surface area contributed by atoms with E-state index in [-0.39, 0.29) is 17.6 Å². The Morgan fingerprint density at radius 2 is 2.20 bits per heavy atom. The molecule has 1 aromatic heterocycles. The van der Waals surface area contributed by atoms with Gasteiger partial charge in [-0.15, -0.1) is 0 Å². The quantitative estimate of drug-likeness (QED) is 0.914. The van der Waals surface area contributed by atoms with Crippen molar-refractivity contribution >= 4 is 0 Å². The molecule has 0 aliphatic rings. The molecule has 0 saturated carbocycles. The Morgan fingerprint density at radius 3 is 2.80 bits per heavy atom. The first-order chi connectivity index (χ1) is 9.52. The Morgan fingerprint density at radius 1 is 1.45 bits per heavy atom. The highest BCUT2D eigenvalue weighted by atomic mass is 19.1. The van der Waals surface area contributed by atoms with Crippen LogP contribution in [-0.4, -0.2) is 15.8 Å². The van der Waals surface area contributed by atoms with E-state index in [0.29, 0.717) is 5.56 Å². The van der Waals surface area contributed by atoms with Crippen LogP contribution in [0.15, 0.2) is 30.6 Å². The van der Waals surface area contributed by atoms with Crippen molar-refractivity contribution < 1.29 is 9.13 Å². The minimum atomic E-state index is -0.412. The fraction of sp³-hybridized carbons (Fsp3) is 0.400. The lowest BCUT2D eigenvalue weighted by atomic mass is 10.0. The van der Waals surface area contributed by atoms with E-state index in [1.165, 1.54) is 0 Å². The predicted octanol–water partition coefficient (Wildman–Crippen LogP) is 2.73. The van der Waals surface area contributed by atoms with Crippen molar-refractivity contribution in [2.24, 2.45) is 12.8 Å². The first-order valence-corrected chi connectivity index (χ1v) is 6.68. The van der Waals surface area contributed by atoms with E-state index in [4.69, 9.17) is 10.5 Å².